The molecule has 21 heavy (non-hydrogen) atoms. The summed E-state index contributed by atoms with van der Waals surface area (Å²) in [6.07, 6.45) is -3.24. The Morgan fingerprint density at radius 1 is 1.24 bits per heavy atom. The van der Waals surface area contributed by atoms with E-state index in [2.05, 4.69) is 11.8 Å². The van der Waals surface area contributed by atoms with Gasteiger partial charge in [-0.15, -0.1) is 0 Å². The Kier molecular flexibility index (Phi) is 5.27. The van der Waals surface area contributed by atoms with Gasteiger partial charge in [0.05, 0.1) is 12.5 Å². The number of hydrogen-bond acceptors (Lipinski definition) is 2. The van der Waals surface area contributed by atoms with Crippen LogP contribution in [-0.2, 0) is 6.54 Å². The van der Waals surface area contributed by atoms with Crippen LogP contribution in [0.15, 0.2) is 24.3 Å². The van der Waals surface area contributed by atoms with Crippen LogP contribution in [0.5, 0.6) is 0 Å². The molecule has 1 aromatic carbocycles. The molecule has 0 saturated carbocycles. The topological polar surface area (TPSA) is 29.3 Å². The Hall–Kier alpha value is -1.51. The fourth-order valence-corrected chi connectivity index (χ4v) is 2.57. The lowest BCUT2D eigenvalue weighted by molar-refractivity contribution is -0.187. The predicted molar refractivity (Wildman–Crippen MR) is 76.4 cm³/mol. The second-order valence-electron chi connectivity index (χ2n) is 5.32. The van der Waals surface area contributed by atoms with Gasteiger partial charge in [-0.1, -0.05) is 24.0 Å². The van der Waals surface area contributed by atoms with Crippen molar-refractivity contribution >= 4 is 0 Å². The standard InChI is InChI=1S/C16H19F3N2/c17-16(18,19)15-4-2-10-21(12-15)11-14-7-5-13(6-8-14)3-1-9-20/h5-8,15H,2,4,9-12,20H2. The van der Waals surface area contributed by atoms with Crippen molar-refractivity contribution in [2.45, 2.75) is 25.6 Å². The average Bonchev–Trinajstić information content (AvgIpc) is 2.46. The molecule has 1 fully saturated rings. The monoisotopic (exact) mass is 296 g/mol. The highest BCUT2D eigenvalue weighted by molar-refractivity contribution is 5.36. The maximum atomic E-state index is 12.8. The first kappa shape index (κ1) is 15.9. The molecule has 114 valence electrons. The van der Waals surface area contributed by atoms with E-state index in [0.717, 1.165) is 17.7 Å². The molecule has 0 spiro atoms. The summed E-state index contributed by atoms with van der Waals surface area (Å²) in [7, 11) is 0. The Morgan fingerprint density at radius 3 is 2.57 bits per heavy atom. The fourth-order valence-electron chi connectivity index (χ4n) is 2.57. The SMILES string of the molecule is NCC#Cc1ccc(CN2CCCC(C(F)(F)F)C2)cc1. The molecule has 0 radical (unpaired) electrons. The molecule has 2 N–H and O–H groups in total. The van der Waals surface area contributed by atoms with E-state index in [1.165, 1.54) is 0 Å². The number of piperidine rings is 1. The number of rotatable bonds is 2. The third kappa shape index (κ3) is 4.76. The number of benzene rings is 1. The lowest BCUT2D eigenvalue weighted by atomic mass is 9.97. The van der Waals surface area contributed by atoms with Crippen molar-refractivity contribution in [1.29, 1.82) is 0 Å². The van der Waals surface area contributed by atoms with Gasteiger partial charge in [-0.2, -0.15) is 13.2 Å². The van der Waals surface area contributed by atoms with Crippen molar-refractivity contribution in [2.75, 3.05) is 19.6 Å². The molecule has 2 nitrogen and oxygen atoms in total. The first-order valence-electron chi connectivity index (χ1n) is 7.06. The maximum absolute atomic E-state index is 12.8. The lowest BCUT2D eigenvalue weighted by Gasteiger charge is -2.33. The van der Waals surface area contributed by atoms with Crippen LogP contribution in [0, 0.1) is 17.8 Å². The summed E-state index contributed by atoms with van der Waals surface area (Å²) >= 11 is 0. The van der Waals surface area contributed by atoms with Crippen LogP contribution in [0.1, 0.15) is 24.0 Å². The van der Waals surface area contributed by atoms with Crippen molar-refractivity contribution in [3.8, 4) is 11.8 Å². The van der Waals surface area contributed by atoms with Crippen LogP contribution in [0.3, 0.4) is 0 Å². The molecule has 0 aliphatic carbocycles. The van der Waals surface area contributed by atoms with Crippen LogP contribution in [0.2, 0.25) is 0 Å². The molecule has 5 heteroatoms. The Morgan fingerprint density at radius 2 is 1.95 bits per heavy atom. The number of nitrogens with zero attached hydrogens (tertiary/aromatic N) is 1. The van der Waals surface area contributed by atoms with Crippen molar-refractivity contribution < 1.29 is 13.2 Å². The van der Waals surface area contributed by atoms with Gasteiger partial charge in [0.1, 0.15) is 0 Å². The van der Waals surface area contributed by atoms with Crippen LogP contribution >= 0.6 is 0 Å². The maximum Gasteiger partial charge on any atom is 0.393 e. The second-order valence-corrected chi connectivity index (χ2v) is 5.32. The smallest absolute Gasteiger partial charge is 0.320 e. The summed E-state index contributed by atoms with van der Waals surface area (Å²) < 4.78 is 38.3. The van der Waals surface area contributed by atoms with E-state index in [0.29, 0.717) is 19.5 Å². The molecule has 2 rings (SSSR count). The quantitative estimate of drug-likeness (QED) is 0.850. The van der Waals surface area contributed by atoms with Crippen molar-refractivity contribution in [1.82, 2.24) is 4.90 Å². The predicted octanol–water partition coefficient (Wildman–Crippen LogP) is 2.77. The summed E-state index contributed by atoms with van der Waals surface area (Å²) in [5.41, 5.74) is 7.19. The summed E-state index contributed by atoms with van der Waals surface area (Å²) in [6.45, 7) is 1.69. The number of alkyl halides is 3. The van der Waals surface area contributed by atoms with E-state index in [4.69, 9.17) is 5.73 Å². The van der Waals surface area contributed by atoms with Gasteiger partial charge in [-0.05, 0) is 37.1 Å². The molecule has 1 saturated heterocycles. The highest BCUT2D eigenvalue weighted by atomic mass is 19.4. The van der Waals surface area contributed by atoms with Crippen molar-refractivity contribution in [2.24, 2.45) is 11.7 Å². The molecule has 1 aliphatic heterocycles. The Bertz CT molecular complexity index is 511. The minimum absolute atomic E-state index is 0.0955. The normalized spacial score (nSPS) is 19.9. The first-order chi connectivity index (χ1) is 9.99. The van der Waals surface area contributed by atoms with Crippen LogP contribution in [0.4, 0.5) is 13.2 Å². The number of halogens is 3. The molecular weight excluding hydrogens is 277 g/mol. The molecule has 1 unspecified atom stereocenters. The van der Waals surface area contributed by atoms with Crippen molar-refractivity contribution in [3.63, 3.8) is 0 Å². The van der Waals surface area contributed by atoms with E-state index in [9.17, 15) is 13.2 Å². The zero-order valence-corrected chi connectivity index (χ0v) is 11.8. The van der Waals surface area contributed by atoms with Crippen LogP contribution in [0.25, 0.3) is 0 Å². The van der Waals surface area contributed by atoms with Gasteiger partial charge >= 0.3 is 6.18 Å². The molecule has 0 bridgehead atoms. The van der Waals surface area contributed by atoms with Gasteiger partial charge in [0.2, 0.25) is 0 Å². The highest BCUT2D eigenvalue weighted by Crippen LogP contribution is 2.33. The molecule has 1 aliphatic rings. The average molecular weight is 296 g/mol. The Balaban J connectivity index is 1.95. The third-order valence-corrected chi connectivity index (χ3v) is 3.66. The summed E-state index contributed by atoms with van der Waals surface area (Å²) in [4.78, 5) is 1.88. The first-order valence-corrected chi connectivity index (χ1v) is 7.06. The molecule has 0 amide bonds. The van der Waals surface area contributed by atoms with Crippen LogP contribution in [-0.4, -0.2) is 30.7 Å². The number of likely N-dealkylation sites (tertiary alicyclic amines) is 1. The zero-order chi connectivity index (χ0) is 15.3. The van der Waals surface area contributed by atoms with E-state index in [1.54, 1.807) is 0 Å². The Labute approximate surface area is 123 Å². The van der Waals surface area contributed by atoms with E-state index in [1.807, 2.05) is 29.2 Å². The molecule has 1 aromatic rings. The fraction of sp³-hybridized carbons (Fsp3) is 0.500. The largest absolute Gasteiger partial charge is 0.393 e. The van der Waals surface area contributed by atoms with E-state index < -0.39 is 12.1 Å². The lowest BCUT2D eigenvalue weighted by Crippen LogP contribution is -2.41. The summed E-state index contributed by atoms with van der Waals surface area (Å²) in [6, 6.07) is 7.59. The van der Waals surface area contributed by atoms with Gasteiger partial charge in [0.25, 0.3) is 0 Å². The van der Waals surface area contributed by atoms with Gasteiger partial charge in [0.15, 0.2) is 0 Å². The van der Waals surface area contributed by atoms with Gasteiger partial charge in [-0.3, -0.25) is 4.90 Å². The minimum atomic E-state index is -4.08. The summed E-state index contributed by atoms with van der Waals surface area (Å²) in [5, 5.41) is 0. The van der Waals surface area contributed by atoms with E-state index >= 15 is 0 Å². The minimum Gasteiger partial charge on any atom is -0.320 e. The van der Waals surface area contributed by atoms with Gasteiger partial charge < -0.3 is 5.73 Å². The second kappa shape index (κ2) is 6.97. The van der Waals surface area contributed by atoms with Crippen LogP contribution < -0.4 is 5.73 Å². The summed E-state index contributed by atoms with van der Waals surface area (Å²) in [5.74, 6) is 4.50. The number of nitrogens with two attached hydrogens (primary N) is 1. The van der Waals surface area contributed by atoms with Gasteiger partial charge in [0, 0.05) is 18.7 Å². The number of hydrogen-bond donors (Lipinski definition) is 1. The molecule has 1 heterocycles. The third-order valence-electron chi connectivity index (χ3n) is 3.66. The molecule has 1 atom stereocenters. The van der Waals surface area contributed by atoms with Gasteiger partial charge in [-0.25, -0.2) is 0 Å². The van der Waals surface area contributed by atoms with E-state index in [-0.39, 0.29) is 13.0 Å². The zero-order valence-electron chi connectivity index (χ0n) is 11.8. The molecular formula is C16H19F3N2. The van der Waals surface area contributed by atoms with Crippen molar-refractivity contribution in [3.05, 3.63) is 35.4 Å². The highest BCUT2D eigenvalue weighted by Gasteiger charge is 2.41. The molecule has 0 aromatic heterocycles.